The summed E-state index contributed by atoms with van der Waals surface area (Å²) in [7, 11) is 0. The van der Waals surface area contributed by atoms with E-state index in [-0.39, 0.29) is 17.2 Å². The average Bonchev–Trinajstić information content (AvgIpc) is 2.44. The minimum Gasteiger partial charge on any atom is -0.508 e. The van der Waals surface area contributed by atoms with Crippen molar-refractivity contribution >= 4 is 0 Å². The molecule has 3 N–H and O–H groups in total. The third kappa shape index (κ3) is 2.82. The van der Waals surface area contributed by atoms with E-state index >= 15 is 0 Å². The van der Waals surface area contributed by atoms with Gasteiger partial charge < -0.3 is 15.3 Å². The van der Waals surface area contributed by atoms with E-state index in [0.29, 0.717) is 0 Å². The lowest BCUT2D eigenvalue weighted by Gasteiger charge is -2.18. The van der Waals surface area contributed by atoms with Gasteiger partial charge in [0.1, 0.15) is 17.2 Å². The largest absolute Gasteiger partial charge is 0.508 e. The molecule has 2 rings (SSSR count). The molecule has 0 saturated heterocycles. The van der Waals surface area contributed by atoms with Crippen molar-refractivity contribution in [2.24, 2.45) is 0 Å². The number of benzene rings is 2. The van der Waals surface area contributed by atoms with Crippen LogP contribution in [0, 0.1) is 0 Å². The monoisotopic (exact) mass is 286 g/mol. The van der Waals surface area contributed by atoms with E-state index in [1.165, 1.54) is 6.07 Å². The van der Waals surface area contributed by atoms with Gasteiger partial charge in [-0.05, 0) is 65.3 Å². The standard InChI is InChI=1S/C18H22O3/c1-4-14-15(5-2)17(10-18(21)16(14)6-3)11-7-12(19)9-13(20)8-11/h7-10,19-21H,4-6H2,1-3H3. The Morgan fingerprint density at radius 1 is 0.667 bits per heavy atom. The van der Waals surface area contributed by atoms with Gasteiger partial charge in [-0.2, -0.15) is 0 Å². The molecule has 112 valence electrons. The summed E-state index contributed by atoms with van der Waals surface area (Å²) >= 11 is 0. The van der Waals surface area contributed by atoms with E-state index in [9.17, 15) is 15.3 Å². The van der Waals surface area contributed by atoms with E-state index in [1.807, 2.05) is 6.92 Å². The predicted octanol–water partition coefficient (Wildman–Crippen LogP) is 4.16. The summed E-state index contributed by atoms with van der Waals surface area (Å²) < 4.78 is 0. The number of aromatic hydroxyl groups is 3. The van der Waals surface area contributed by atoms with Crippen molar-refractivity contribution in [1.29, 1.82) is 0 Å². The van der Waals surface area contributed by atoms with Crippen molar-refractivity contribution in [2.45, 2.75) is 40.0 Å². The zero-order chi connectivity index (χ0) is 15.6. The van der Waals surface area contributed by atoms with Crippen molar-refractivity contribution < 1.29 is 15.3 Å². The van der Waals surface area contributed by atoms with Gasteiger partial charge in [0.05, 0.1) is 0 Å². The number of rotatable bonds is 4. The van der Waals surface area contributed by atoms with Crippen LogP contribution in [0.4, 0.5) is 0 Å². The summed E-state index contributed by atoms with van der Waals surface area (Å²) in [6, 6.07) is 6.26. The highest BCUT2D eigenvalue weighted by atomic mass is 16.3. The molecule has 21 heavy (non-hydrogen) atoms. The van der Waals surface area contributed by atoms with Gasteiger partial charge in [0.15, 0.2) is 0 Å². The van der Waals surface area contributed by atoms with Gasteiger partial charge in [0.25, 0.3) is 0 Å². The zero-order valence-corrected chi connectivity index (χ0v) is 12.8. The Bertz CT molecular complexity index is 640. The van der Waals surface area contributed by atoms with Gasteiger partial charge in [-0.25, -0.2) is 0 Å². The molecule has 0 fully saturated rings. The van der Waals surface area contributed by atoms with Crippen molar-refractivity contribution in [2.75, 3.05) is 0 Å². The van der Waals surface area contributed by atoms with Crippen molar-refractivity contribution in [3.63, 3.8) is 0 Å². The Morgan fingerprint density at radius 2 is 1.19 bits per heavy atom. The molecule has 0 aliphatic heterocycles. The van der Waals surface area contributed by atoms with Crippen LogP contribution in [0.15, 0.2) is 24.3 Å². The molecule has 0 spiro atoms. The number of hydrogen-bond acceptors (Lipinski definition) is 3. The molecule has 0 bridgehead atoms. The molecule has 0 atom stereocenters. The van der Waals surface area contributed by atoms with Crippen molar-refractivity contribution in [3.8, 4) is 28.4 Å². The molecule has 3 nitrogen and oxygen atoms in total. The maximum absolute atomic E-state index is 10.3. The first-order valence-corrected chi connectivity index (χ1v) is 7.41. The first kappa shape index (κ1) is 15.2. The highest BCUT2D eigenvalue weighted by Gasteiger charge is 2.16. The molecule has 0 radical (unpaired) electrons. The maximum Gasteiger partial charge on any atom is 0.119 e. The van der Waals surface area contributed by atoms with Gasteiger partial charge in [0, 0.05) is 6.07 Å². The lowest BCUT2D eigenvalue weighted by molar-refractivity contribution is 0.451. The van der Waals surface area contributed by atoms with Crippen LogP contribution in [0.3, 0.4) is 0 Å². The molecule has 0 amide bonds. The van der Waals surface area contributed by atoms with Gasteiger partial charge in [-0.3, -0.25) is 0 Å². The first-order chi connectivity index (χ1) is 10.0. The van der Waals surface area contributed by atoms with Crippen molar-refractivity contribution in [1.82, 2.24) is 0 Å². The normalized spacial score (nSPS) is 10.8. The number of phenolic OH excluding ortho intramolecular Hbond substituents is 3. The summed E-state index contributed by atoms with van der Waals surface area (Å²) in [5.41, 5.74) is 4.91. The zero-order valence-electron chi connectivity index (χ0n) is 12.8. The second kappa shape index (κ2) is 6.08. The summed E-state index contributed by atoms with van der Waals surface area (Å²) in [5.74, 6) is 0.317. The summed E-state index contributed by atoms with van der Waals surface area (Å²) in [6.07, 6.45) is 2.47. The lowest BCUT2D eigenvalue weighted by atomic mass is 9.87. The number of phenols is 3. The fraction of sp³-hybridized carbons (Fsp3) is 0.333. The Hall–Kier alpha value is -2.16. The van der Waals surface area contributed by atoms with Gasteiger partial charge in [-0.1, -0.05) is 20.8 Å². The molecule has 2 aromatic carbocycles. The third-order valence-corrected chi connectivity index (χ3v) is 3.92. The molecular weight excluding hydrogens is 264 g/mol. The van der Waals surface area contributed by atoms with E-state index in [0.717, 1.165) is 47.1 Å². The molecule has 0 saturated carbocycles. The van der Waals surface area contributed by atoms with Crippen LogP contribution in [0.5, 0.6) is 17.2 Å². The summed E-state index contributed by atoms with van der Waals surface area (Å²) in [6.45, 7) is 6.20. The smallest absolute Gasteiger partial charge is 0.119 e. The van der Waals surface area contributed by atoms with E-state index in [1.54, 1.807) is 18.2 Å². The maximum atomic E-state index is 10.3. The predicted molar refractivity (Wildman–Crippen MR) is 85.0 cm³/mol. The lowest BCUT2D eigenvalue weighted by Crippen LogP contribution is -2.01. The topological polar surface area (TPSA) is 60.7 Å². The molecule has 0 heterocycles. The van der Waals surface area contributed by atoms with Crippen LogP contribution >= 0.6 is 0 Å². The Kier molecular flexibility index (Phi) is 4.41. The Labute approximate surface area is 125 Å². The molecule has 2 aromatic rings. The van der Waals surface area contributed by atoms with Crippen LogP contribution in [0.25, 0.3) is 11.1 Å². The molecule has 0 aromatic heterocycles. The summed E-state index contributed by atoms with van der Waals surface area (Å²) in [5, 5.41) is 29.7. The van der Waals surface area contributed by atoms with Crippen LogP contribution in [-0.2, 0) is 19.3 Å². The van der Waals surface area contributed by atoms with E-state index in [4.69, 9.17) is 0 Å². The molecule has 0 aliphatic carbocycles. The van der Waals surface area contributed by atoms with Crippen LogP contribution < -0.4 is 0 Å². The molecule has 0 aliphatic rings. The molecule has 0 unspecified atom stereocenters. The fourth-order valence-corrected chi connectivity index (χ4v) is 3.04. The quantitative estimate of drug-likeness (QED) is 0.791. The fourth-order valence-electron chi connectivity index (χ4n) is 3.04. The van der Waals surface area contributed by atoms with Crippen LogP contribution in [-0.4, -0.2) is 15.3 Å². The van der Waals surface area contributed by atoms with Crippen LogP contribution in [0.2, 0.25) is 0 Å². The average molecular weight is 286 g/mol. The third-order valence-electron chi connectivity index (χ3n) is 3.92. The van der Waals surface area contributed by atoms with E-state index < -0.39 is 0 Å². The highest BCUT2D eigenvalue weighted by molar-refractivity contribution is 5.74. The van der Waals surface area contributed by atoms with Gasteiger partial charge in [0.2, 0.25) is 0 Å². The SMILES string of the molecule is CCc1c(O)cc(-c2cc(O)cc(O)c2)c(CC)c1CC. The highest BCUT2D eigenvalue weighted by Crippen LogP contribution is 2.38. The minimum absolute atomic E-state index is 0.0177. The van der Waals surface area contributed by atoms with Crippen molar-refractivity contribution in [3.05, 3.63) is 41.0 Å². The second-order valence-corrected chi connectivity index (χ2v) is 5.18. The Balaban J connectivity index is 2.76. The minimum atomic E-state index is 0.0177. The molecular formula is C18H22O3. The van der Waals surface area contributed by atoms with E-state index in [2.05, 4.69) is 13.8 Å². The van der Waals surface area contributed by atoms with Gasteiger partial charge in [-0.15, -0.1) is 0 Å². The molecule has 3 heteroatoms. The van der Waals surface area contributed by atoms with Crippen LogP contribution in [0.1, 0.15) is 37.5 Å². The summed E-state index contributed by atoms with van der Waals surface area (Å²) in [4.78, 5) is 0. The first-order valence-electron chi connectivity index (χ1n) is 7.41. The van der Waals surface area contributed by atoms with Gasteiger partial charge >= 0.3 is 0 Å². The second-order valence-electron chi connectivity index (χ2n) is 5.18. The number of hydrogen-bond donors (Lipinski definition) is 3. The Morgan fingerprint density at radius 3 is 1.67 bits per heavy atom.